The van der Waals surface area contributed by atoms with Gasteiger partial charge in [-0.25, -0.2) is 0 Å². The van der Waals surface area contributed by atoms with Crippen molar-refractivity contribution in [1.29, 1.82) is 0 Å². The molecule has 5 rings (SSSR count). The zero-order chi connectivity index (χ0) is 24.5. The van der Waals surface area contributed by atoms with Crippen LogP contribution in [0.1, 0.15) is 144 Å². The highest BCUT2D eigenvalue weighted by Gasteiger charge is 2.29. The van der Waals surface area contributed by atoms with E-state index < -0.39 is 0 Å². The Bertz CT molecular complexity index is 465. The van der Waals surface area contributed by atoms with Crippen LogP contribution in [-0.2, 0) is 0 Å². The summed E-state index contributed by atoms with van der Waals surface area (Å²) in [7, 11) is 0.568. The molecule has 0 nitrogen and oxygen atoms in total. The normalized spacial score (nSPS) is 44.6. The molecule has 1 aliphatic heterocycles. The summed E-state index contributed by atoms with van der Waals surface area (Å²) in [4.78, 5) is 0. The van der Waals surface area contributed by atoms with Gasteiger partial charge in [0.05, 0.1) is 0 Å². The molecule has 200 valence electrons. The molecule has 0 amide bonds. The average Bonchev–Trinajstić information content (AvgIpc) is 3.50. The van der Waals surface area contributed by atoms with Crippen LogP contribution in [0.15, 0.2) is 0 Å². The van der Waals surface area contributed by atoms with Crippen LogP contribution in [0.5, 0.6) is 0 Å². The first-order valence-corrected chi connectivity index (χ1v) is 18.0. The van der Waals surface area contributed by atoms with Crippen molar-refractivity contribution in [2.45, 2.75) is 149 Å². The van der Waals surface area contributed by atoms with Crippen LogP contribution in [-0.4, -0.2) is 18.5 Å². The molecule has 4 aliphatic carbocycles. The zero-order valence-corrected chi connectivity index (χ0v) is 25.3. The van der Waals surface area contributed by atoms with Crippen molar-refractivity contribution in [3.8, 4) is 0 Å². The van der Waals surface area contributed by atoms with Gasteiger partial charge in [0.25, 0.3) is 0 Å². The Morgan fingerprint density at radius 2 is 0.676 bits per heavy atom. The average molecular weight is 491 g/mol. The van der Waals surface area contributed by atoms with Crippen LogP contribution >= 0.6 is 7.92 Å². The molecule has 0 bridgehead atoms. The van der Waals surface area contributed by atoms with E-state index in [1.807, 2.05) is 0 Å². The second kappa shape index (κ2) is 15.0. The predicted octanol–water partition coefficient (Wildman–Crippen LogP) is 11.2. The zero-order valence-electron chi connectivity index (χ0n) is 24.4. The van der Waals surface area contributed by atoms with Gasteiger partial charge in [-0.3, -0.25) is 0 Å². The molecule has 5 fully saturated rings. The lowest BCUT2D eigenvalue weighted by atomic mass is 9.70. The monoisotopic (exact) mass is 490 g/mol. The Hall–Kier alpha value is 0.430. The summed E-state index contributed by atoms with van der Waals surface area (Å²) < 4.78 is 0. The van der Waals surface area contributed by atoms with Gasteiger partial charge < -0.3 is 0 Å². The van der Waals surface area contributed by atoms with Crippen molar-refractivity contribution in [3.63, 3.8) is 0 Å². The van der Waals surface area contributed by atoms with Gasteiger partial charge in [-0.05, 0) is 97.9 Å². The van der Waals surface area contributed by atoms with Crippen LogP contribution in [0.3, 0.4) is 0 Å². The third-order valence-corrected chi connectivity index (χ3v) is 13.2. The molecule has 2 atom stereocenters. The summed E-state index contributed by atoms with van der Waals surface area (Å²) >= 11 is 0. The maximum Gasteiger partial charge on any atom is -0.0201 e. The van der Waals surface area contributed by atoms with E-state index in [1.165, 1.54) is 83.2 Å². The van der Waals surface area contributed by atoms with Gasteiger partial charge in [-0.1, -0.05) is 112 Å². The summed E-state index contributed by atoms with van der Waals surface area (Å²) in [6, 6.07) is 0. The number of hydrogen-bond acceptors (Lipinski definition) is 0. The molecule has 0 aromatic carbocycles. The van der Waals surface area contributed by atoms with Crippen molar-refractivity contribution < 1.29 is 0 Å². The van der Waals surface area contributed by atoms with Gasteiger partial charge in [0.15, 0.2) is 0 Å². The Balaban J connectivity index is 0.000000159. The van der Waals surface area contributed by atoms with Crippen LogP contribution in [0, 0.1) is 47.3 Å². The van der Waals surface area contributed by atoms with Gasteiger partial charge in [0.1, 0.15) is 0 Å². The van der Waals surface area contributed by atoms with Crippen LogP contribution in [0.25, 0.3) is 0 Å². The maximum atomic E-state index is 2.43. The van der Waals surface area contributed by atoms with Gasteiger partial charge in [-0.15, -0.1) is 7.92 Å². The summed E-state index contributed by atoms with van der Waals surface area (Å²) in [5.74, 6) is 8.50. The maximum absolute atomic E-state index is 2.43. The molecule has 4 saturated carbocycles. The molecule has 5 aliphatic rings. The van der Waals surface area contributed by atoms with Crippen LogP contribution in [0.2, 0.25) is 0 Å². The first-order chi connectivity index (χ1) is 16.3. The van der Waals surface area contributed by atoms with Gasteiger partial charge in [0.2, 0.25) is 0 Å². The number of hydrogen-bond donors (Lipinski definition) is 0. The van der Waals surface area contributed by atoms with Crippen molar-refractivity contribution in [3.05, 3.63) is 0 Å². The molecule has 2 unspecified atom stereocenters. The predicted molar refractivity (Wildman–Crippen MR) is 156 cm³/mol. The van der Waals surface area contributed by atoms with Crippen molar-refractivity contribution in [1.82, 2.24) is 0 Å². The largest absolute Gasteiger partial charge is 0.106 e. The van der Waals surface area contributed by atoms with E-state index in [1.54, 1.807) is 32.1 Å². The molecule has 1 saturated heterocycles. The van der Waals surface area contributed by atoms with E-state index in [0.29, 0.717) is 7.92 Å². The fraction of sp³-hybridized carbons (Fsp3) is 1.00. The van der Waals surface area contributed by atoms with Crippen LogP contribution < -0.4 is 0 Å². The molecule has 0 aromatic rings. The van der Waals surface area contributed by atoms with Crippen molar-refractivity contribution in [2.75, 3.05) is 12.8 Å². The lowest BCUT2D eigenvalue weighted by Crippen LogP contribution is -2.24. The van der Waals surface area contributed by atoms with Gasteiger partial charge in [-0.2, -0.15) is 0 Å². The Morgan fingerprint density at radius 1 is 0.441 bits per heavy atom. The highest BCUT2D eigenvalue weighted by molar-refractivity contribution is 7.65. The molecular formula is C33H63P. The first-order valence-electron chi connectivity index (χ1n) is 16.0. The fourth-order valence-corrected chi connectivity index (χ4v) is 8.71. The lowest BCUT2D eigenvalue weighted by molar-refractivity contribution is 0.155. The highest BCUT2D eigenvalue weighted by Crippen LogP contribution is 2.54. The standard InChI is InChI=1S/C15H28.C14H26.C4H9P/c1-12-3-7-14(8-4-12)11-15-9-5-13(2)6-10-15;1-11-3-7-13(8-4-11)14-9-5-12(2)6-10-14;1-4-3-5(4)2/h12-15H,3-11H2,1-2H3;11-14H,3-10H2,1-2H3;4H,3H2,1-2H3. The van der Waals surface area contributed by atoms with Gasteiger partial charge >= 0.3 is 0 Å². The smallest absolute Gasteiger partial charge is 0.0201 e. The summed E-state index contributed by atoms with van der Waals surface area (Å²) in [6.07, 6.45) is 27.5. The summed E-state index contributed by atoms with van der Waals surface area (Å²) in [6.45, 7) is 14.4. The fourth-order valence-electron chi connectivity index (χ4n) is 7.49. The van der Waals surface area contributed by atoms with Crippen molar-refractivity contribution >= 4 is 7.92 Å². The Labute approximate surface area is 217 Å². The second-order valence-corrected chi connectivity index (χ2v) is 17.1. The topological polar surface area (TPSA) is 0 Å². The van der Waals surface area contributed by atoms with E-state index in [4.69, 9.17) is 0 Å². The van der Waals surface area contributed by atoms with Crippen LogP contribution in [0.4, 0.5) is 0 Å². The van der Waals surface area contributed by atoms with E-state index in [-0.39, 0.29) is 0 Å². The molecule has 1 heterocycles. The van der Waals surface area contributed by atoms with Crippen molar-refractivity contribution in [2.24, 2.45) is 47.3 Å². The minimum Gasteiger partial charge on any atom is -0.106 e. The Kier molecular flexibility index (Phi) is 12.8. The molecule has 0 aromatic heterocycles. The van der Waals surface area contributed by atoms with E-state index >= 15 is 0 Å². The third-order valence-electron chi connectivity index (χ3n) is 10.9. The molecule has 34 heavy (non-hydrogen) atoms. The lowest BCUT2D eigenvalue weighted by Gasteiger charge is -2.36. The second-order valence-electron chi connectivity index (χ2n) is 14.3. The highest BCUT2D eigenvalue weighted by atomic mass is 31.1. The molecule has 0 radical (unpaired) electrons. The van der Waals surface area contributed by atoms with E-state index in [9.17, 15) is 0 Å². The Morgan fingerprint density at radius 3 is 0.912 bits per heavy atom. The summed E-state index contributed by atoms with van der Waals surface area (Å²) in [5.41, 5.74) is 1.12. The quantitative estimate of drug-likeness (QED) is 0.345. The SMILES string of the molecule is CC1CCC(C2CCC(C)CC2)CC1.CC1CCC(CC2CCC(C)CC2)CC1.CC1CP1C. The minimum atomic E-state index is 0.568. The molecule has 0 spiro atoms. The summed E-state index contributed by atoms with van der Waals surface area (Å²) in [5, 5.41) is 0. The molecule has 1 heteroatoms. The molecular weight excluding hydrogens is 427 g/mol. The molecule has 0 N–H and O–H groups in total. The third kappa shape index (κ3) is 10.8. The van der Waals surface area contributed by atoms with E-state index in [2.05, 4.69) is 41.3 Å². The first kappa shape index (κ1) is 29.0. The van der Waals surface area contributed by atoms with Gasteiger partial charge in [0, 0.05) is 0 Å². The number of rotatable bonds is 3. The van der Waals surface area contributed by atoms with E-state index in [0.717, 1.165) is 53.0 Å². The minimum absolute atomic E-state index is 0.568.